The van der Waals surface area contributed by atoms with Crippen LogP contribution < -0.4 is 21.3 Å². The fourth-order valence-electron chi connectivity index (χ4n) is 4.56. The van der Waals surface area contributed by atoms with Crippen molar-refractivity contribution >= 4 is 41.1 Å². The van der Waals surface area contributed by atoms with E-state index in [1.807, 2.05) is 0 Å². The Balaban J connectivity index is 2.00. The summed E-state index contributed by atoms with van der Waals surface area (Å²) < 4.78 is 0. The summed E-state index contributed by atoms with van der Waals surface area (Å²) in [4.78, 5) is 66.8. The molecule has 38 heavy (non-hydrogen) atoms. The first-order valence-corrected chi connectivity index (χ1v) is 13.0. The molecule has 0 saturated carbocycles. The molecule has 7 atom stereocenters. The van der Waals surface area contributed by atoms with Crippen molar-refractivity contribution < 1.29 is 34.2 Å². The predicted octanol–water partition coefficient (Wildman–Crippen LogP) is -1.31. The molecule has 0 unspecified atom stereocenters. The third kappa shape index (κ3) is 7.00. The lowest BCUT2D eigenvalue weighted by atomic mass is 10.0. The summed E-state index contributed by atoms with van der Waals surface area (Å²) in [6.45, 7) is 2.28. The molecule has 1 aromatic rings. The second-order valence-corrected chi connectivity index (χ2v) is 10.1. The Kier molecular flexibility index (Phi) is 10.1. The first kappa shape index (κ1) is 29.3. The number of hydrogen-bond donors (Lipinski definition) is 6. The largest absolute Gasteiger partial charge is 0.394 e. The van der Waals surface area contributed by atoms with Crippen LogP contribution in [-0.2, 0) is 24.0 Å². The average Bonchev–Trinajstić information content (AvgIpc) is 3.29. The molecule has 2 aliphatic rings. The number of nitrogens with one attached hydrogen (secondary N) is 4. The van der Waals surface area contributed by atoms with Crippen LogP contribution >= 0.6 is 11.6 Å². The summed E-state index contributed by atoms with van der Waals surface area (Å²) in [6.07, 6.45) is -1.34. The van der Waals surface area contributed by atoms with Crippen LogP contribution in [0.1, 0.15) is 44.7 Å². The highest BCUT2D eigenvalue weighted by Crippen LogP contribution is 2.24. The minimum absolute atomic E-state index is 0.00976. The van der Waals surface area contributed by atoms with Gasteiger partial charge >= 0.3 is 0 Å². The number of rotatable bonds is 4. The molecule has 0 bridgehead atoms. The highest BCUT2D eigenvalue weighted by Gasteiger charge is 2.43. The number of benzene rings is 1. The molecule has 0 aromatic heterocycles. The van der Waals surface area contributed by atoms with Crippen molar-refractivity contribution in [3.05, 3.63) is 35.9 Å². The van der Waals surface area contributed by atoms with E-state index in [1.54, 1.807) is 37.3 Å². The van der Waals surface area contributed by atoms with E-state index in [0.717, 1.165) is 0 Å². The maximum absolute atomic E-state index is 13.4. The van der Waals surface area contributed by atoms with Crippen molar-refractivity contribution in [1.82, 2.24) is 26.2 Å². The average molecular weight is 552 g/mol. The quantitative estimate of drug-likeness (QED) is 0.252. The fraction of sp³-hybridized carbons (Fsp3) is 0.560. The van der Waals surface area contributed by atoms with Gasteiger partial charge in [-0.15, -0.1) is 11.6 Å². The maximum Gasteiger partial charge on any atom is 0.248 e. The van der Waals surface area contributed by atoms with Crippen LogP contribution in [0.2, 0.25) is 0 Å². The Labute approximate surface area is 225 Å². The van der Waals surface area contributed by atoms with Gasteiger partial charge in [0.1, 0.15) is 24.2 Å². The minimum Gasteiger partial charge on any atom is -0.394 e. The molecule has 208 valence electrons. The number of aliphatic hydroxyl groups is 2. The molecule has 13 heteroatoms. The topological polar surface area (TPSA) is 177 Å². The maximum atomic E-state index is 13.4. The Morgan fingerprint density at radius 3 is 2.21 bits per heavy atom. The Morgan fingerprint density at radius 1 is 0.974 bits per heavy atom. The standard InChI is InChI=1S/C25H34ClN5O7/c1-3-16-22(35)29-18(12-32)23(36)28-17(14-7-5-4-6-8-14)10-20(34)30-21(13(2)33)25(38)31-11-15(26)9-19(31)24(37)27-16/h4-8,13,15-19,21,32-33H,3,9-12H2,1-2H3,(H,27,37)(H,28,36)(H,29,35)(H,30,34)/t13-,15+,16+,17-,18+,19+,21+/m1/s1. The second kappa shape index (κ2) is 13.0. The fourth-order valence-corrected chi connectivity index (χ4v) is 4.88. The molecule has 0 radical (unpaired) electrons. The number of carbonyl (C=O) groups excluding carboxylic acids is 5. The van der Waals surface area contributed by atoms with Gasteiger partial charge in [0.25, 0.3) is 0 Å². The Bertz CT molecular complexity index is 1040. The van der Waals surface area contributed by atoms with E-state index in [1.165, 1.54) is 11.8 Å². The number of aliphatic hydroxyl groups excluding tert-OH is 2. The highest BCUT2D eigenvalue weighted by atomic mass is 35.5. The lowest BCUT2D eigenvalue weighted by Gasteiger charge is -2.31. The van der Waals surface area contributed by atoms with Gasteiger partial charge < -0.3 is 36.4 Å². The van der Waals surface area contributed by atoms with Gasteiger partial charge in [0.05, 0.1) is 30.6 Å². The van der Waals surface area contributed by atoms with Crippen LogP contribution in [0, 0.1) is 0 Å². The number of carbonyl (C=O) groups is 5. The monoisotopic (exact) mass is 551 g/mol. The summed E-state index contributed by atoms with van der Waals surface area (Å²) in [5, 5.41) is 29.9. The van der Waals surface area contributed by atoms with Gasteiger partial charge in [-0.25, -0.2) is 0 Å². The zero-order chi connectivity index (χ0) is 28.0. The normalized spacial score (nSPS) is 30.6. The van der Waals surface area contributed by atoms with Gasteiger partial charge in [0.15, 0.2) is 0 Å². The number of alkyl halides is 1. The van der Waals surface area contributed by atoms with Gasteiger partial charge in [0.2, 0.25) is 29.5 Å². The molecule has 1 aromatic carbocycles. The molecule has 2 fully saturated rings. The molecule has 5 amide bonds. The van der Waals surface area contributed by atoms with Crippen molar-refractivity contribution in [2.24, 2.45) is 0 Å². The molecular formula is C25H34ClN5O7. The third-order valence-electron chi connectivity index (χ3n) is 6.67. The van der Waals surface area contributed by atoms with E-state index < -0.39 is 77.8 Å². The highest BCUT2D eigenvalue weighted by molar-refractivity contribution is 6.21. The van der Waals surface area contributed by atoms with Crippen LogP contribution in [-0.4, -0.2) is 93.4 Å². The van der Waals surface area contributed by atoms with Crippen LogP contribution in [0.25, 0.3) is 0 Å². The van der Waals surface area contributed by atoms with Crippen molar-refractivity contribution in [3.8, 4) is 0 Å². The first-order chi connectivity index (χ1) is 18.0. The van der Waals surface area contributed by atoms with E-state index in [9.17, 15) is 34.2 Å². The van der Waals surface area contributed by atoms with Crippen molar-refractivity contribution in [3.63, 3.8) is 0 Å². The molecule has 0 aliphatic carbocycles. The van der Waals surface area contributed by atoms with E-state index in [0.29, 0.717) is 5.56 Å². The molecule has 0 spiro atoms. The SMILES string of the molecule is CC[C@@H]1NC(=O)[C@@H]2C[C@H](Cl)CN2C(=O)[C@H]([C@@H](C)O)NC(=O)C[C@H](c2ccccc2)NC(=O)[C@H](CO)NC1=O. The third-order valence-corrected chi connectivity index (χ3v) is 6.98. The smallest absolute Gasteiger partial charge is 0.248 e. The van der Waals surface area contributed by atoms with Crippen LogP contribution in [0.3, 0.4) is 0 Å². The molecule has 6 N–H and O–H groups in total. The van der Waals surface area contributed by atoms with E-state index >= 15 is 0 Å². The summed E-state index contributed by atoms with van der Waals surface area (Å²) in [7, 11) is 0. The van der Waals surface area contributed by atoms with Crippen LogP contribution in [0.15, 0.2) is 30.3 Å². The van der Waals surface area contributed by atoms with Crippen molar-refractivity contribution in [2.45, 2.75) is 74.8 Å². The number of nitrogens with zero attached hydrogens (tertiary/aromatic N) is 1. The molecule has 3 rings (SSSR count). The second-order valence-electron chi connectivity index (χ2n) is 9.51. The number of halogens is 1. The summed E-state index contributed by atoms with van der Waals surface area (Å²) in [6, 6.07) is 2.89. The Morgan fingerprint density at radius 2 is 1.61 bits per heavy atom. The number of fused-ring (bicyclic) bond motifs is 1. The van der Waals surface area contributed by atoms with Gasteiger partial charge in [-0.1, -0.05) is 37.3 Å². The molecule has 12 nitrogen and oxygen atoms in total. The molecular weight excluding hydrogens is 518 g/mol. The van der Waals surface area contributed by atoms with E-state index in [2.05, 4.69) is 21.3 Å². The summed E-state index contributed by atoms with van der Waals surface area (Å²) >= 11 is 6.28. The van der Waals surface area contributed by atoms with Crippen molar-refractivity contribution in [2.75, 3.05) is 13.2 Å². The zero-order valence-electron chi connectivity index (χ0n) is 21.2. The minimum atomic E-state index is -1.38. The predicted molar refractivity (Wildman–Crippen MR) is 137 cm³/mol. The number of hydrogen-bond acceptors (Lipinski definition) is 7. The van der Waals surface area contributed by atoms with Gasteiger partial charge in [-0.3, -0.25) is 24.0 Å². The van der Waals surface area contributed by atoms with Crippen LogP contribution in [0.4, 0.5) is 0 Å². The van der Waals surface area contributed by atoms with E-state index in [-0.39, 0.29) is 25.8 Å². The first-order valence-electron chi connectivity index (χ1n) is 12.5. The van der Waals surface area contributed by atoms with Gasteiger partial charge in [-0.05, 0) is 25.3 Å². The van der Waals surface area contributed by atoms with Gasteiger partial charge in [0, 0.05) is 6.54 Å². The van der Waals surface area contributed by atoms with Crippen molar-refractivity contribution in [1.29, 1.82) is 0 Å². The van der Waals surface area contributed by atoms with Gasteiger partial charge in [-0.2, -0.15) is 0 Å². The summed E-state index contributed by atoms with van der Waals surface area (Å²) in [5.41, 5.74) is 0.573. The molecule has 2 saturated heterocycles. The Hall–Kier alpha value is -3.22. The number of amides is 5. The molecule has 2 heterocycles. The van der Waals surface area contributed by atoms with E-state index in [4.69, 9.17) is 11.6 Å². The zero-order valence-corrected chi connectivity index (χ0v) is 22.0. The van der Waals surface area contributed by atoms with Crippen LogP contribution in [0.5, 0.6) is 0 Å². The molecule has 2 aliphatic heterocycles. The lowest BCUT2D eigenvalue weighted by molar-refractivity contribution is -0.144. The summed E-state index contributed by atoms with van der Waals surface area (Å²) in [5.74, 6) is -3.42. The lowest BCUT2D eigenvalue weighted by Crippen LogP contribution is -2.60.